The first-order chi connectivity index (χ1) is 16.7. The zero-order chi connectivity index (χ0) is 24.6. The topological polar surface area (TPSA) is 101 Å². The van der Waals surface area contributed by atoms with Crippen LogP contribution < -0.4 is 4.90 Å². The normalized spacial score (nSPS) is 29.7. The van der Waals surface area contributed by atoms with Crippen molar-refractivity contribution in [2.75, 3.05) is 11.6 Å². The van der Waals surface area contributed by atoms with E-state index in [1.807, 2.05) is 32.0 Å². The van der Waals surface area contributed by atoms with Crippen LogP contribution >= 0.6 is 0 Å². The third-order valence-corrected chi connectivity index (χ3v) is 8.10. The number of carbonyl (C=O) groups excluding carboxylic acids is 3. The van der Waals surface area contributed by atoms with Crippen LogP contribution in [0.15, 0.2) is 54.6 Å². The molecule has 6 unspecified atom stereocenters. The Kier molecular flexibility index (Phi) is 4.71. The molecule has 2 bridgehead atoms. The van der Waals surface area contributed by atoms with Crippen molar-refractivity contribution in [2.45, 2.75) is 20.3 Å². The molecule has 1 heterocycles. The molecule has 8 nitrogen and oxygen atoms in total. The molecule has 2 saturated carbocycles. The zero-order valence-electron chi connectivity index (χ0n) is 19.5. The van der Waals surface area contributed by atoms with Gasteiger partial charge in [-0.2, -0.15) is 0 Å². The summed E-state index contributed by atoms with van der Waals surface area (Å²) >= 11 is 0. The Morgan fingerprint density at radius 1 is 1.00 bits per heavy atom. The van der Waals surface area contributed by atoms with Crippen molar-refractivity contribution in [3.8, 4) is 0 Å². The first-order valence-corrected chi connectivity index (χ1v) is 11.9. The summed E-state index contributed by atoms with van der Waals surface area (Å²) in [6.07, 6.45) is 5.31. The number of hydrogen-bond acceptors (Lipinski definition) is 5. The molecule has 3 amide bonds. The second-order valence-corrected chi connectivity index (χ2v) is 10.3. The fourth-order valence-corrected chi connectivity index (χ4v) is 6.58. The zero-order valence-corrected chi connectivity index (χ0v) is 19.5. The monoisotopic (exact) mass is 471 g/mol. The molecule has 8 heteroatoms. The molecule has 0 N–H and O–H groups in total. The van der Waals surface area contributed by atoms with E-state index in [9.17, 15) is 24.5 Å². The molecule has 5 aliphatic rings. The lowest BCUT2D eigenvalue weighted by molar-refractivity contribution is -0.384. The summed E-state index contributed by atoms with van der Waals surface area (Å²) in [6.45, 7) is 3.59. The van der Waals surface area contributed by atoms with Gasteiger partial charge in [-0.1, -0.05) is 24.3 Å². The molecule has 0 aromatic heterocycles. The number of aryl methyl sites for hydroxylation is 2. The molecule has 1 aliphatic heterocycles. The van der Waals surface area contributed by atoms with Crippen molar-refractivity contribution in [2.24, 2.45) is 35.5 Å². The Hall–Kier alpha value is -3.81. The molecule has 2 aromatic carbocycles. The van der Waals surface area contributed by atoms with Crippen molar-refractivity contribution < 1.29 is 19.3 Å². The van der Waals surface area contributed by atoms with Crippen LogP contribution in [0.4, 0.5) is 11.4 Å². The highest BCUT2D eigenvalue weighted by atomic mass is 16.6. The van der Waals surface area contributed by atoms with Crippen LogP contribution in [0.3, 0.4) is 0 Å². The van der Waals surface area contributed by atoms with Crippen LogP contribution in [0, 0.1) is 59.5 Å². The molecule has 35 heavy (non-hydrogen) atoms. The largest absolute Gasteiger partial charge is 0.290 e. The highest BCUT2D eigenvalue weighted by Crippen LogP contribution is 2.65. The van der Waals surface area contributed by atoms with Crippen LogP contribution in [0.1, 0.15) is 27.9 Å². The van der Waals surface area contributed by atoms with Gasteiger partial charge >= 0.3 is 0 Å². The maximum atomic E-state index is 13.7. The van der Waals surface area contributed by atoms with Gasteiger partial charge in [0.2, 0.25) is 11.8 Å². The maximum Gasteiger partial charge on any atom is 0.270 e. The molecule has 0 radical (unpaired) electrons. The fourth-order valence-electron chi connectivity index (χ4n) is 6.58. The van der Waals surface area contributed by atoms with Gasteiger partial charge in [-0.15, -0.1) is 0 Å². The van der Waals surface area contributed by atoms with Gasteiger partial charge in [-0.3, -0.25) is 34.3 Å². The smallest absolute Gasteiger partial charge is 0.270 e. The number of carbonyl (C=O) groups is 3. The molecule has 3 fully saturated rings. The maximum absolute atomic E-state index is 13.7. The highest BCUT2D eigenvalue weighted by molar-refractivity contribution is 6.10. The summed E-state index contributed by atoms with van der Waals surface area (Å²) in [5.74, 6) is -0.465. The molecule has 2 aromatic rings. The molecular weight excluding hydrogens is 446 g/mol. The van der Waals surface area contributed by atoms with Gasteiger partial charge in [0.15, 0.2) is 0 Å². The van der Waals surface area contributed by atoms with Gasteiger partial charge in [-0.05, 0) is 73.3 Å². The average molecular weight is 472 g/mol. The molecule has 178 valence electrons. The predicted molar refractivity (Wildman–Crippen MR) is 127 cm³/mol. The molecule has 0 spiro atoms. The van der Waals surface area contributed by atoms with Gasteiger partial charge in [0.05, 0.1) is 16.8 Å². The Labute approximate surface area is 202 Å². The fraction of sp³-hybridized carbons (Fsp3) is 0.370. The van der Waals surface area contributed by atoms with Crippen LogP contribution in [0.2, 0.25) is 0 Å². The number of anilines is 1. The minimum atomic E-state index is -0.551. The Morgan fingerprint density at radius 2 is 1.60 bits per heavy atom. The number of likely N-dealkylation sites (tertiary alicyclic amines) is 1. The number of nitro benzene ring substituents is 1. The summed E-state index contributed by atoms with van der Waals surface area (Å²) in [5, 5.41) is 11.3. The van der Waals surface area contributed by atoms with E-state index in [-0.39, 0.29) is 53.4 Å². The summed E-state index contributed by atoms with van der Waals surface area (Å²) in [7, 11) is 0. The van der Waals surface area contributed by atoms with Crippen LogP contribution in [-0.4, -0.2) is 34.2 Å². The first-order valence-electron chi connectivity index (χ1n) is 11.9. The number of rotatable bonds is 5. The van der Waals surface area contributed by atoms with Gasteiger partial charge in [0.1, 0.15) is 6.67 Å². The van der Waals surface area contributed by atoms with E-state index in [1.54, 1.807) is 0 Å². The molecule has 7 rings (SSSR count). The summed E-state index contributed by atoms with van der Waals surface area (Å²) in [6, 6.07) is 11.1. The van der Waals surface area contributed by atoms with E-state index in [2.05, 4.69) is 12.2 Å². The van der Waals surface area contributed by atoms with Crippen LogP contribution in [-0.2, 0) is 9.59 Å². The van der Waals surface area contributed by atoms with E-state index < -0.39 is 10.8 Å². The lowest BCUT2D eigenvalue weighted by Crippen LogP contribution is -2.45. The SMILES string of the molecule is Cc1cc(C)cc(N(CN2C(=O)C3C4C=CC(C5CC45)C3C2=O)C(=O)c2cccc([N+](=O)[O-])c2)c1. The molecular formula is C27H25N3O5. The van der Waals surface area contributed by atoms with E-state index in [1.165, 1.54) is 34.1 Å². The highest BCUT2D eigenvalue weighted by Gasteiger charge is 2.67. The second-order valence-electron chi connectivity index (χ2n) is 10.3. The summed E-state index contributed by atoms with van der Waals surface area (Å²) < 4.78 is 0. The van der Waals surface area contributed by atoms with Crippen molar-refractivity contribution >= 4 is 29.1 Å². The van der Waals surface area contributed by atoms with Crippen molar-refractivity contribution in [3.63, 3.8) is 0 Å². The number of non-ortho nitro benzene ring substituents is 1. The number of allylic oxidation sites excluding steroid dienone is 2. The Bertz CT molecular complexity index is 1280. The third-order valence-electron chi connectivity index (χ3n) is 8.10. The summed E-state index contributed by atoms with van der Waals surface area (Å²) in [5.41, 5.74) is 2.31. The Morgan fingerprint density at radius 3 is 2.17 bits per heavy atom. The van der Waals surface area contributed by atoms with Crippen molar-refractivity contribution in [1.29, 1.82) is 0 Å². The predicted octanol–water partition coefficient (Wildman–Crippen LogP) is 3.87. The van der Waals surface area contributed by atoms with E-state index >= 15 is 0 Å². The molecule has 1 saturated heterocycles. The number of benzene rings is 2. The minimum Gasteiger partial charge on any atom is -0.290 e. The lowest BCUT2D eigenvalue weighted by atomic mass is 9.63. The number of hydrogen-bond donors (Lipinski definition) is 0. The van der Waals surface area contributed by atoms with Crippen LogP contribution in [0.5, 0.6) is 0 Å². The summed E-state index contributed by atoms with van der Waals surface area (Å²) in [4.78, 5) is 54.2. The van der Waals surface area contributed by atoms with Crippen molar-refractivity contribution in [1.82, 2.24) is 4.90 Å². The Balaban J connectivity index is 1.37. The molecule has 6 atom stereocenters. The first kappa shape index (κ1) is 21.7. The number of amides is 3. The van der Waals surface area contributed by atoms with E-state index in [0.29, 0.717) is 17.5 Å². The minimum absolute atomic E-state index is 0.0959. The second kappa shape index (κ2) is 7.60. The van der Waals surface area contributed by atoms with Gasteiger partial charge in [0.25, 0.3) is 11.6 Å². The van der Waals surface area contributed by atoms with E-state index in [0.717, 1.165) is 17.5 Å². The number of nitrogens with zero attached hydrogens (tertiary/aromatic N) is 3. The van der Waals surface area contributed by atoms with Crippen LogP contribution in [0.25, 0.3) is 0 Å². The molecule has 4 aliphatic carbocycles. The van der Waals surface area contributed by atoms with Gasteiger partial charge in [-0.25, -0.2) is 0 Å². The van der Waals surface area contributed by atoms with Crippen molar-refractivity contribution in [3.05, 3.63) is 81.4 Å². The standard InChI is InChI=1S/C27H25N3O5/c1-14-8-15(2)10-18(9-14)28(25(31)16-4-3-5-17(11-16)30(34)35)13-29-26(32)23-19-6-7-20(22-12-21(19)22)24(23)27(29)33/h3-11,19-24H,12-13H2,1-2H3. The number of imide groups is 1. The third kappa shape index (κ3) is 3.31. The number of nitro groups is 1. The average Bonchev–Trinajstić information content (AvgIpc) is 3.61. The quantitative estimate of drug-likeness (QED) is 0.285. The van der Waals surface area contributed by atoms with E-state index in [4.69, 9.17) is 0 Å². The lowest BCUT2D eigenvalue weighted by Gasteiger charge is -2.37. The van der Waals surface area contributed by atoms with Gasteiger partial charge < -0.3 is 0 Å². The van der Waals surface area contributed by atoms with Gasteiger partial charge in [0, 0.05) is 23.4 Å².